The number of benzene rings is 1. The maximum Gasteiger partial charge on any atom is 0.119 e. The first-order valence-electron chi connectivity index (χ1n) is 6.53. The minimum atomic E-state index is 0.213. The molecular weight excluding hydrogens is 210 g/mol. The topological polar surface area (TPSA) is 21.3 Å². The summed E-state index contributed by atoms with van der Waals surface area (Å²) in [5.74, 6) is 0.992. The Morgan fingerprint density at radius 1 is 1.18 bits per heavy atom. The summed E-state index contributed by atoms with van der Waals surface area (Å²) in [6.45, 7) is 8.79. The summed E-state index contributed by atoms with van der Waals surface area (Å²) in [7, 11) is 0. The molecule has 1 N–H and O–H groups in total. The van der Waals surface area contributed by atoms with Gasteiger partial charge in [0.2, 0.25) is 0 Å². The van der Waals surface area contributed by atoms with E-state index in [-0.39, 0.29) is 5.41 Å². The molecule has 1 aromatic rings. The van der Waals surface area contributed by atoms with Gasteiger partial charge in [0, 0.05) is 6.54 Å². The standard InChI is InChI=1S/C15H23NO/c1-15(2,3)12-6-8-13(9-7-12)17-14-5-4-10-16-11-14/h6-9,14,16H,4-5,10-11H2,1-3H3/t14-/m0/s1. The fourth-order valence-corrected chi connectivity index (χ4v) is 2.15. The summed E-state index contributed by atoms with van der Waals surface area (Å²) in [5, 5.41) is 3.37. The lowest BCUT2D eigenvalue weighted by Gasteiger charge is -2.24. The smallest absolute Gasteiger partial charge is 0.119 e. The van der Waals surface area contributed by atoms with E-state index >= 15 is 0 Å². The summed E-state index contributed by atoms with van der Waals surface area (Å²) in [6.07, 6.45) is 2.71. The monoisotopic (exact) mass is 233 g/mol. The molecule has 0 aromatic heterocycles. The van der Waals surface area contributed by atoms with Crippen molar-refractivity contribution in [1.82, 2.24) is 5.32 Å². The zero-order valence-electron chi connectivity index (χ0n) is 11.1. The van der Waals surface area contributed by atoms with Gasteiger partial charge in [-0.25, -0.2) is 0 Å². The van der Waals surface area contributed by atoms with Gasteiger partial charge in [-0.05, 0) is 42.5 Å². The molecule has 0 spiro atoms. The van der Waals surface area contributed by atoms with Crippen LogP contribution >= 0.6 is 0 Å². The van der Waals surface area contributed by atoms with Crippen LogP contribution in [0, 0.1) is 0 Å². The lowest BCUT2D eigenvalue weighted by atomic mass is 9.87. The van der Waals surface area contributed by atoms with Gasteiger partial charge in [-0.2, -0.15) is 0 Å². The highest BCUT2D eigenvalue weighted by atomic mass is 16.5. The van der Waals surface area contributed by atoms with Crippen molar-refractivity contribution < 1.29 is 4.74 Å². The maximum absolute atomic E-state index is 5.96. The molecule has 1 fully saturated rings. The van der Waals surface area contributed by atoms with Crippen LogP contribution < -0.4 is 10.1 Å². The van der Waals surface area contributed by atoms with E-state index in [0.717, 1.165) is 25.3 Å². The number of hydrogen-bond acceptors (Lipinski definition) is 2. The van der Waals surface area contributed by atoms with E-state index in [2.05, 4.69) is 50.4 Å². The first-order chi connectivity index (χ1) is 8.05. The maximum atomic E-state index is 5.96. The van der Waals surface area contributed by atoms with Crippen molar-refractivity contribution in [3.05, 3.63) is 29.8 Å². The second-order valence-electron chi connectivity index (χ2n) is 5.86. The van der Waals surface area contributed by atoms with Crippen molar-refractivity contribution >= 4 is 0 Å². The van der Waals surface area contributed by atoms with Crippen molar-refractivity contribution in [1.29, 1.82) is 0 Å². The van der Waals surface area contributed by atoms with Crippen molar-refractivity contribution in [2.24, 2.45) is 0 Å². The molecule has 1 saturated heterocycles. The molecule has 0 amide bonds. The predicted molar refractivity (Wildman–Crippen MR) is 71.7 cm³/mol. The van der Waals surface area contributed by atoms with Gasteiger partial charge < -0.3 is 10.1 Å². The number of hydrogen-bond donors (Lipinski definition) is 1. The van der Waals surface area contributed by atoms with Crippen LogP contribution in [-0.2, 0) is 5.41 Å². The third-order valence-corrected chi connectivity index (χ3v) is 3.27. The zero-order valence-corrected chi connectivity index (χ0v) is 11.1. The first-order valence-corrected chi connectivity index (χ1v) is 6.53. The van der Waals surface area contributed by atoms with Gasteiger partial charge in [0.1, 0.15) is 11.9 Å². The Balaban J connectivity index is 1.98. The Bertz CT molecular complexity index is 344. The van der Waals surface area contributed by atoms with E-state index in [1.54, 1.807) is 0 Å². The normalized spacial score (nSPS) is 21.2. The largest absolute Gasteiger partial charge is 0.489 e. The molecule has 2 heteroatoms. The summed E-state index contributed by atoms with van der Waals surface area (Å²) >= 11 is 0. The summed E-state index contributed by atoms with van der Waals surface area (Å²) in [6, 6.07) is 8.53. The van der Waals surface area contributed by atoms with Gasteiger partial charge in [0.25, 0.3) is 0 Å². The lowest BCUT2D eigenvalue weighted by molar-refractivity contribution is 0.167. The number of ether oxygens (including phenoxy) is 1. The molecule has 0 bridgehead atoms. The highest BCUT2D eigenvalue weighted by molar-refractivity contribution is 5.31. The molecule has 0 radical (unpaired) electrons. The fourth-order valence-electron chi connectivity index (χ4n) is 2.15. The van der Waals surface area contributed by atoms with Crippen LogP contribution in [-0.4, -0.2) is 19.2 Å². The van der Waals surface area contributed by atoms with Crippen molar-refractivity contribution in [2.75, 3.05) is 13.1 Å². The number of nitrogens with one attached hydrogen (secondary N) is 1. The molecule has 94 valence electrons. The van der Waals surface area contributed by atoms with E-state index in [1.807, 2.05) is 0 Å². The SMILES string of the molecule is CC(C)(C)c1ccc(O[C@H]2CCCNC2)cc1. The molecule has 2 rings (SSSR count). The molecule has 1 aliphatic heterocycles. The Morgan fingerprint density at radius 2 is 1.88 bits per heavy atom. The van der Waals surface area contributed by atoms with Crippen molar-refractivity contribution in [2.45, 2.75) is 45.1 Å². The van der Waals surface area contributed by atoms with Crippen LogP contribution in [0.3, 0.4) is 0 Å². The van der Waals surface area contributed by atoms with Crippen LogP contribution in [0.4, 0.5) is 0 Å². The predicted octanol–water partition coefficient (Wildman–Crippen LogP) is 3.11. The number of piperidine rings is 1. The Labute approximate surface area is 104 Å². The Hall–Kier alpha value is -1.02. The molecule has 0 unspecified atom stereocenters. The van der Waals surface area contributed by atoms with Crippen LogP contribution in [0.1, 0.15) is 39.2 Å². The number of rotatable bonds is 2. The lowest BCUT2D eigenvalue weighted by Crippen LogP contribution is -2.37. The molecule has 2 nitrogen and oxygen atoms in total. The van der Waals surface area contributed by atoms with Crippen molar-refractivity contribution in [3.8, 4) is 5.75 Å². The molecule has 1 atom stereocenters. The van der Waals surface area contributed by atoms with Crippen LogP contribution in [0.5, 0.6) is 5.75 Å². The van der Waals surface area contributed by atoms with E-state index in [1.165, 1.54) is 12.0 Å². The zero-order chi connectivity index (χ0) is 12.3. The average molecular weight is 233 g/mol. The molecule has 1 heterocycles. The second-order valence-corrected chi connectivity index (χ2v) is 5.86. The van der Waals surface area contributed by atoms with E-state index in [9.17, 15) is 0 Å². The van der Waals surface area contributed by atoms with E-state index in [0.29, 0.717) is 6.10 Å². The Morgan fingerprint density at radius 3 is 2.41 bits per heavy atom. The van der Waals surface area contributed by atoms with Gasteiger partial charge in [0.05, 0.1) is 0 Å². The van der Waals surface area contributed by atoms with Crippen molar-refractivity contribution in [3.63, 3.8) is 0 Å². The summed E-state index contributed by atoms with van der Waals surface area (Å²) in [4.78, 5) is 0. The molecule has 1 aromatic carbocycles. The third kappa shape index (κ3) is 3.47. The van der Waals surface area contributed by atoms with Crippen LogP contribution in [0.2, 0.25) is 0 Å². The molecule has 0 aliphatic carbocycles. The van der Waals surface area contributed by atoms with Gasteiger partial charge in [-0.3, -0.25) is 0 Å². The highest BCUT2D eigenvalue weighted by Crippen LogP contribution is 2.25. The molecular formula is C15H23NO. The quantitative estimate of drug-likeness (QED) is 0.847. The minimum Gasteiger partial charge on any atom is -0.489 e. The molecule has 17 heavy (non-hydrogen) atoms. The van der Waals surface area contributed by atoms with E-state index < -0.39 is 0 Å². The van der Waals surface area contributed by atoms with E-state index in [4.69, 9.17) is 4.74 Å². The van der Waals surface area contributed by atoms with Gasteiger partial charge in [-0.1, -0.05) is 32.9 Å². The third-order valence-electron chi connectivity index (χ3n) is 3.27. The average Bonchev–Trinajstić information content (AvgIpc) is 2.30. The minimum absolute atomic E-state index is 0.213. The summed E-state index contributed by atoms with van der Waals surface area (Å²) in [5.41, 5.74) is 1.57. The van der Waals surface area contributed by atoms with Gasteiger partial charge >= 0.3 is 0 Å². The van der Waals surface area contributed by atoms with Crippen LogP contribution in [0.15, 0.2) is 24.3 Å². The summed E-state index contributed by atoms with van der Waals surface area (Å²) < 4.78 is 5.96. The first kappa shape index (κ1) is 12.4. The second kappa shape index (κ2) is 5.09. The highest BCUT2D eigenvalue weighted by Gasteiger charge is 2.16. The van der Waals surface area contributed by atoms with Crippen LogP contribution in [0.25, 0.3) is 0 Å². The van der Waals surface area contributed by atoms with Gasteiger partial charge in [-0.15, -0.1) is 0 Å². The Kier molecular flexibility index (Phi) is 3.72. The fraction of sp³-hybridized carbons (Fsp3) is 0.600. The molecule has 1 aliphatic rings. The van der Waals surface area contributed by atoms with Gasteiger partial charge in [0.15, 0.2) is 0 Å². The molecule has 0 saturated carbocycles.